The average Bonchev–Trinajstić information content (AvgIpc) is 2.67. The van der Waals surface area contributed by atoms with Gasteiger partial charge in [0.05, 0.1) is 0 Å². The van der Waals surface area contributed by atoms with Gasteiger partial charge < -0.3 is 4.74 Å². The largest absolute Gasteiger partial charge is 0.468 e. The molecule has 2 aromatic heterocycles. The minimum absolute atomic E-state index is 0.0359. The Morgan fingerprint density at radius 3 is 2.54 bits per heavy atom. The van der Waals surface area contributed by atoms with Crippen LogP contribution in [0.5, 0.6) is 5.88 Å². The number of hydrogen-bond acceptors (Lipinski definition) is 5. The van der Waals surface area contributed by atoms with Gasteiger partial charge in [0.15, 0.2) is 12.4 Å². The number of ether oxygens (including phenoxy) is 1. The lowest BCUT2D eigenvalue weighted by molar-refractivity contribution is -0.154. The van der Waals surface area contributed by atoms with Crippen LogP contribution in [0.25, 0.3) is 11.1 Å². The third-order valence-corrected chi connectivity index (χ3v) is 3.91. The molecule has 1 aromatic carbocycles. The van der Waals surface area contributed by atoms with Gasteiger partial charge in [-0.05, 0) is 41.5 Å². The minimum Gasteiger partial charge on any atom is -0.468 e. The highest BCUT2D eigenvalue weighted by Crippen LogP contribution is 2.31. The molecule has 0 N–H and O–H groups in total. The SMILES string of the molecule is O=C(Cc1cnc(OCC(F)(F)F)c(-c2ccc(Cl)cc2)c1)c1cccnn1. The third-order valence-electron chi connectivity index (χ3n) is 3.66. The van der Waals surface area contributed by atoms with E-state index in [0.717, 1.165) is 0 Å². The van der Waals surface area contributed by atoms with E-state index in [4.69, 9.17) is 16.3 Å². The van der Waals surface area contributed by atoms with Crippen LogP contribution >= 0.6 is 11.6 Å². The van der Waals surface area contributed by atoms with Gasteiger partial charge in [-0.15, -0.1) is 5.10 Å². The van der Waals surface area contributed by atoms with Crippen LogP contribution in [0.3, 0.4) is 0 Å². The number of hydrogen-bond donors (Lipinski definition) is 0. The van der Waals surface area contributed by atoms with Crippen LogP contribution in [-0.4, -0.2) is 33.7 Å². The molecule has 9 heteroatoms. The first kappa shape index (κ1) is 19.8. The lowest BCUT2D eigenvalue weighted by atomic mass is 10.0. The van der Waals surface area contributed by atoms with E-state index in [1.54, 1.807) is 36.4 Å². The number of benzene rings is 1. The zero-order valence-electron chi connectivity index (χ0n) is 14.3. The van der Waals surface area contributed by atoms with Crippen molar-refractivity contribution >= 4 is 17.4 Å². The van der Waals surface area contributed by atoms with Crippen molar-refractivity contribution in [3.05, 3.63) is 71.1 Å². The molecule has 0 saturated heterocycles. The quantitative estimate of drug-likeness (QED) is 0.560. The van der Waals surface area contributed by atoms with Crippen LogP contribution < -0.4 is 4.74 Å². The predicted octanol–water partition coefficient (Wildman–Crippen LogP) is 4.56. The molecule has 28 heavy (non-hydrogen) atoms. The van der Waals surface area contributed by atoms with E-state index in [-0.39, 0.29) is 23.8 Å². The van der Waals surface area contributed by atoms with Crippen LogP contribution in [-0.2, 0) is 6.42 Å². The Hall–Kier alpha value is -3.00. The van der Waals surface area contributed by atoms with Gasteiger partial charge in [-0.1, -0.05) is 23.7 Å². The lowest BCUT2D eigenvalue weighted by Gasteiger charge is -2.13. The monoisotopic (exact) mass is 407 g/mol. The number of aromatic nitrogens is 3. The Balaban J connectivity index is 1.91. The topological polar surface area (TPSA) is 65.0 Å². The fourth-order valence-corrected chi connectivity index (χ4v) is 2.55. The molecule has 3 aromatic rings. The van der Waals surface area contributed by atoms with Crippen molar-refractivity contribution in [2.24, 2.45) is 0 Å². The standard InChI is InChI=1S/C19H13ClF3N3O2/c20-14-5-3-13(4-6-14)15-8-12(9-17(27)16-2-1-7-25-26-16)10-24-18(15)28-11-19(21,22)23/h1-8,10H,9,11H2. The van der Waals surface area contributed by atoms with Crippen molar-refractivity contribution in [1.82, 2.24) is 15.2 Å². The maximum atomic E-state index is 12.5. The van der Waals surface area contributed by atoms with Gasteiger partial charge in [0.2, 0.25) is 5.88 Å². The molecule has 0 aliphatic rings. The summed E-state index contributed by atoms with van der Waals surface area (Å²) in [6.45, 7) is -1.47. The lowest BCUT2D eigenvalue weighted by Crippen LogP contribution is -2.20. The number of halogens is 4. The average molecular weight is 408 g/mol. The van der Waals surface area contributed by atoms with E-state index < -0.39 is 12.8 Å². The van der Waals surface area contributed by atoms with E-state index in [1.165, 1.54) is 18.5 Å². The molecular weight excluding hydrogens is 395 g/mol. The van der Waals surface area contributed by atoms with Crippen LogP contribution in [0.4, 0.5) is 13.2 Å². The first-order chi connectivity index (χ1) is 13.3. The number of ketones is 1. The van der Waals surface area contributed by atoms with E-state index in [9.17, 15) is 18.0 Å². The van der Waals surface area contributed by atoms with E-state index in [0.29, 0.717) is 21.7 Å². The molecule has 2 heterocycles. The highest BCUT2D eigenvalue weighted by Gasteiger charge is 2.29. The van der Waals surface area contributed by atoms with Crippen LogP contribution in [0.15, 0.2) is 54.9 Å². The van der Waals surface area contributed by atoms with E-state index >= 15 is 0 Å². The van der Waals surface area contributed by atoms with Crippen molar-refractivity contribution < 1.29 is 22.7 Å². The normalized spacial score (nSPS) is 11.3. The smallest absolute Gasteiger partial charge is 0.422 e. The van der Waals surface area contributed by atoms with Gasteiger partial charge in [-0.3, -0.25) is 4.79 Å². The van der Waals surface area contributed by atoms with Crippen LogP contribution in [0, 0.1) is 0 Å². The maximum absolute atomic E-state index is 12.5. The second-order valence-corrected chi connectivity index (χ2v) is 6.25. The minimum atomic E-state index is -4.50. The van der Waals surface area contributed by atoms with E-state index in [1.807, 2.05) is 0 Å². The number of pyridine rings is 1. The summed E-state index contributed by atoms with van der Waals surface area (Å²) in [6.07, 6.45) is -1.78. The van der Waals surface area contributed by atoms with Gasteiger partial charge in [0.1, 0.15) is 5.69 Å². The van der Waals surface area contributed by atoms with Crippen molar-refractivity contribution in [3.63, 3.8) is 0 Å². The number of nitrogens with zero attached hydrogens (tertiary/aromatic N) is 3. The van der Waals surface area contributed by atoms with Gasteiger partial charge in [-0.2, -0.15) is 18.3 Å². The Morgan fingerprint density at radius 1 is 1.14 bits per heavy atom. The second-order valence-electron chi connectivity index (χ2n) is 5.82. The van der Waals surface area contributed by atoms with Crippen molar-refractivity contribution in [1.29, 1.82) is 0 Å². The summed E-state index contributed by atoms with van der Waals surface area (Å²) in [7, 11) is 0. The number of rotatable bonds is 6. The fraction of sp³-hybridized carbons (Fsp3) is 0.158. The van der Waals surface area contributed by atoms with Gasteiger partial charge in [0.25, 0.3) is 0 Å². The van der Waals surface area contributed by atoms with E-state index in [2.05, 4.69) is 15.2 Å². The summed E-state index contributed by atoms with van der Waals surface area (Å²) in [5.74, 6) is -0.476. The zero-order valence-corrected chi connectivity index (χ0v) is 15.0. The van der Waals surface area contributed by atoms with Crippen molar-refractivity contribution in [2.75, 3.05) is 6.61 Å². The predicted molar refractivity (Wildman–Crippen MR) is 96.3 cm³/mol. The summed E-state index contributed by atoms with van der Waals surface area (Å²) in [4.78, 5) is 16.3. The molecule has 0 unspecified atom stereocenters. The molecule has 5 nitrogen and oxygen atoms in total. The molecule has 0 fully saturated rings. The maximum Gasteiger partial charge on any atom is 0.422 e. The van der Waals surface area contributed by atoms with Gasteiger partial charge in [0, 0.05) is 29.4 Å². The zero-order chi connectivity index (χ0) is 20.1. The molecule has 0 amide bonds. The first-order valence-corrected chi connectivity index (χ1v) is 8.45. The summed E-state index contributed by atoms with van der Waals surface area (Å²) < 4.78 is 42.5. The fourth-order valence-electron chi connectivity index (χ4n) is 2.42. The molecule has 0 aliphatic carbocycles. The van der Waals surface area contributed by atoms with Gasteiger partial charge >= 0.3 is 6.18 Å². The molecule has 0 bridgehead atoms. The number of carbonyl (C=O) groups is 1. The van der Waals surface area contributed by atoms with Crippen molar-refractivity contribution in [2.45, 2.75) is 12.6 Å². The Bertz CT molecular complexity index is 964. The van der Waals surface area contributed by atoms with Crippen LogP contribution in [0.1, 0.15) is 16.1 Å². The molecule has 144 valence electrons. The summed E-state index contributed by atoms with van der Waals surface area (Å²) in [5.41, 5.74) is 1.57. The summed E-state index contributed by atoms with van der Waals surface area (Å²) in [6, 6.07) is 11.2. The summed E-state index contributed by atoms with van der Waals surface area (Å²) in [5, 5.41) is 7.89. The Kier molecular flexibility index (Phi) is 5.89. The first-order valence-electron chi connectivity index (χ1n) is 8.07. The molecule has 0 aliphatic heterocycles. The Labute approximate surface area is 163 Å². The number of Topliss-reactive ketones (excluding diaryl/α,β-unsaturated/α-hetero) is 1. The summed E-state index contributed by atoms with van der Waals surface area (Å²) >= 11 is 5.87. The number of alkyl halides is 3. The van der Waals surface area contributed by atoms with Gasteiger partial charge in [-0.25, -0.2) is 4.98 Å². The molecule has 0 saturated carbocycles. The molecule has 0 spiro atoms. The second kappa shape index (κ2) is 8.35. The molecule has 3 rings (SSSR count). The highest BCUT2D eigenvalue weighted by molar-refractivity contribution is 6.30. The highest BCUT2D eigenvalue weighted by atomic mass is 35.5. The van der Waals surface area contributed by atoms with Crippen LogP contribution in [0.2, 0.25) is 5.02 Å². The number of carbonyl (C=O) groups excluding carboxylic acids is 1. The molecule has 0 radical (unpaired) electrons. The molecule has 0 atom stereocenters. The Morgan fingerprint density at radius 2 is 1.89 bits per heavy atom. The third kappa shape index (κ3) is 5.26. The van der Waals surface area contributed by atoms with Crippen molar-refractivity contribution in [3.8, 4) is 17.0 Å². The molecular formula is C19H13ClF3N3O2.